The van der Waals surface area contributed by atoms with Crippen LogP contribution < -0.4 is 10.2 Å². The zero-order valence-electron chi connectivity index (χ0n) is 18.0. The Kier molecular flexibility index (Phi) is 6.45. The molecular formula is C27H22N2O5. The molecule has 4 N–H and O–H groups in total. The molecule has 0 fully saturated rings. The van der Waals surface area contributed by atoms with E-state index in [9.17, 15) is 24.9 Å². The lowest BCUT2D eigenvalue weighted by atomic mass is 10.0. The molecule has 2 amide bonds. The number of amides is 2. The van der Waals surface area contributed by atoms with E-state index in [1.165, 1.54) is 53.4 Å². The minimum Gasteiger partial charge on any atom is -0.508 e. The average Bonchev–Trinajstić information content (AvgIpc) is 2.85. The minimum absolute atomic E-state index is 0.0115. The fraction of sp³-hybridized carbons (Fsp3) is 0.0370. The molecule has 34 heavy (non-hydrogen) atoms. The third-order valence-corrected chi connectivity index (χ3v) is 5.22. The maximum absolute atomic E-state index is 13.7. The molecule has 7 heteroatoms. The number of carbonyl (C=O) groups excluding carboxylic acids is 2. The van der Waals surface area contributed by atoms with Crippen LogP contribution in [0.5, 0.6) is 17.2 Å². The molecule has 7 nitrogen and oxygen atoms in total. The van der Waals surface area contributed by atoms with Crippen LogP contribution in [0.25, 0.3) is 0 Å². The summed E-state index contributed by atoms with van der Waals surface area (Å²) in [5, 5.41) is 31.8. The van der Waals surface area contributed by atoms with Crippen molar-refractivity contribution >= 4 is 23.2 Å². The number of benzene rings is 4. The zero-order valence-corrected chi connectivity index (χ0v) is 18.0. The van der Waals surface area contributed by atoms with Crippen molar-refractivity contribution in [3.05, 3.63) is 114 Å². The fourth-order valence-corrected chi connectivity index (χ4v) is 3.55. The Balaban J connectivity index is 1.82. The van der Waals surface area contributed by atoms with E-state index in [4.69, 9.17) is 0 Å². The molecule has 0 radical (unpaired) electrons. The van der Waals surface area contributed by atoms with Crippen LogP contribution in [-0.4, -0.2) is 27.1 Å². The van der Waals surface area contributed by atoms with Crippen LogP contribution >= 0.6 is 0 Å². The normalized spacial score (nSPS) is 11.4. The predicted molar refractivity (Wildman–Crippen MR) is 129 cm³/mol. The van der Waals surface area contributed by atoms with Crippen LogP contribution in [0.15, 0.2) is 103 Å². The standard InChI is InChI=1S/C27H22N2O5/c30-22-12-6-19(7-13-22)27(34)29(21-10-16-24(32)17-11-21)25(18-4-2-1-3-5-18)26(33)28-20-8-14-23(31)15-9-20/h1-17,25,30-32H,(H,28,33)/t25-/m0/s1. The number of nitrogens with one attached hydrogen (secondary N) is 1. The van der Waals surface area contributed by atoms with Crippen molar-refractivity contribution in [1.29, 1.82) is 0 Å². The molecule has 4 rings (SSSR count). The topological polar surface area (TPSA) is 110 Å². The average molecular weight is 454 g/mol. The highest BCUT2D eigenvalue weighted by Crippen LogP contribution is 2.32. The summed E-state index contributed by atoms with van der Waals surface area (Å²) >= 11 is 0. The monoisotopic (exact) mass is 454 g/mol. The summed E-state index contributed by atoms with van der Waals surface area (Å²) in [5.74, 6) is -0.855. The number of phenols is 3. The van der Waals surface area contributed by atoms with Gasteiger partial charge in [0.05, 0.1) is 0 Å². The van der Waals surface area contributed by atoms with Gasteiger partial charge in [-0.2, -0.15) is 0 Å². The van der Waals surface area contributed by atoms with Gasteiger partial charge in [0.2, 0.25) is 0 Å². The van der Waals surface area contributed by atoms with Gasteiger partial charge in [-0.15, -0.1) is 0 Å². The highest BCUT2D eigenvalue weighted by atomic mass is 16.3. The Morgan fingerprint density at radius 3 is 1.71 bits per heavy atom. The van der Waals surface area contributed by atoms with E-state index in [1.54, 1.807) is 48.5 Å². The quantitative estimate of drug-likeness (QED) is 0.312. The first-order chi connectivity index (χ1) is 16.4. The third kappa shape index (κ3) is 4.99. The summed E-state index contributed by atoms with van der Waals surface area (Å²) in [6.45, 7) is 0. The first-order valence-electron chi connectivity index (χ1n) is 10.5. The number of hydrogen-bond donors (Lipinski definition) is 4. The Hall–Kier alpha value is -4.78. The van der Waals surface area contributed by atoms with Gasteiger partial charge in [0.15, 0.2) is 0 Å². The van der Waals surface area contributed by atoms with E-state index in [-0.39, 0.29) is 22.8 Å². The van der Waals surface area contributed by atoms with Crippen molar-refractivity contribution in [2.24, 2.45) is 0 Å². The first-order valence-corrected chi connectivity index (χ1v) is 10.5. The van der Waals surface area contributed by atoms with E-state index in [1.807, 2.05) is 6.07 Å². The molecule has 0 saturated heterocycles. The largest absolute Gasteiger partial charge is 0.508 e. The molecule has 1 atom stereocenters. The third-order valence-electron chi connectivity index (χ3n) is 5.22. The van der Waals surface area contributed by atoms with Gasteiger partial charge in [-0.1, -0.05) is 30.3 Å². The van der Waals surface area contributed by atoms with Crippen molar-refractivity contribution in [3.8, 4) is 17.2 Å². The zero-order chi connectivity index (χ0) is 24.1. The first kappa shape index (κ1) is 22.4. The molecule has 0 bridgehead atoms. The highest BCUT2D eigenvalue weighted by molar-refractivity contribution is 6.12. The molecule has 4 aromatic carbocycles. The highest BCUT2D eigenvalue weighted by Gasteiger charge is 2.33. The number of rotatable bonds is 6. The molecule has 170 valence electrons. The summed E-state index contributed by atoms with van der Waals surface area (Å²) in [4.78, 5) is 28.7. The van der Waals surface area contributed by atoms with Gasteiger partial charge in [0.1, 0.15) is 23.3 Å². The Morgan fingerprint density at radius 1 is 0.647 bits per heavy atom. The van der Waals surface area contributed by atoms with E-state index in [0.29, 0.717) is 16.9 Å². The van der Waals surface area contributed by atoms with E-state index < -0.39 is 17.9 Å². The smallest absolute Gasteiger partial charge is 0.259 e. The molecule has 0 aliphatic carbocycles. The van der Waals surface area contributed by atoms with Crippen molar-refractivity contribution < 1.29 is 24.9 Å². The van der Waals surface area contributed by atoms with Gasteiger partial charge in [0, 0.05) is 16.9 Å². The Labute approximate surface area is 196 Å². The van der Waals surface area contributed by atoms with Gasteiger partial charge < -0.3 is 20.6 Å². The number of anilines is 2. The Morgan fingerprint density at radius 2 is 1.15 bits per heavy atom. The summed E-state index contributed by atoms with van der Waals surface area (Å²) in [6, 6.07) is 25.5. The van der Waals surface area contributed by atoms with Crippen LogP contribution in [0.4, 0.5) is 11.4 Å². The maximum Gasteiger partial charge on any atom is 0.259 e. The van der Waals surface area contributed by atoms with Gasteiger partial charge in [-0.05, 0) is 78.4 Å². The van der Waals surface area contributed by atoms with Crippen molar-refractivity contribution in [2.75, 3.05) is 10.2 Å². The van der Waals surface area contributed by atoms with Crippen LogP contribution in [0.1, 0.15) is 22.0 Å². The second-order valence-corrected chi connectivity index (χ2v) is 7.59. The molecule has 0 unspecified atom stereocenters. The van der Waals surface area contributed by atoms with Crippen LogP contribution in [0.3, 0.4) is 0 Å². The lowest BCUT2D eigenvalue weighted by Crippen LogP contribution is -2.41. The number of phenolic OH excluding ortho intramolecular Hbond substituents is 3. The number of carbonyl (C=O) groups is 2. The molecule has 0 aromatic heterocycles. The van der Waals surface area contributed by atoms with Crippen LogP contribution in [0, 0.1) is 0 Å². The van der Waals surface area contributed by atoms with Crippen molar-refractivity contribution in [3.63, 3.8) is 0 Å². The lowest BCUT2D eigenvalue weighted by Gasteiger charge is -2.31. The van der Waals surface area contributed by atoms with E-state index >= 15 is 0 Å². The van der Waals surface area contributed by atoms with Crippen LogP contribution in [-0.2, 0) is 4.79 Å². The number of hydrogen-bond acceptors (Lipinski definition) is 5. The molecule has 0 heterocycles. The van der Waals surface area contributed by atoms with Crippen LogP contribution in [0.2, 0.25) is 0 Å². The second-order valence-electron chi connectivity index (χ2n) is 7.59. The molecule has 0 aliphatic heterocycles. The van der Waals surface area contributed by atoms with Gasteiger partial charge in [0.25, 0.3) is 11.8 Å². The van der Waals surface area contributed by atoms with Gasteiger partial charge >= 0.3 is 0 Å². The summed E-state index contributed by atoms with van der Waals surface area (Å²) < 4.78 is 0. The SMILES string of the molecule is O=C(Nc1ccc(O)cc1)[C@H](c1ccccc1)N(C(=O)c1ccc(O)cc1)c1ccc(O)cc1. The minimum atomic E-state index is -1.07. The molecule has 0 saturated carbocycles. The van der Waals surface area contributed by atoms with Crippen molar-refractivity contribution in [1.82, 2.24) is 0 Å². The maximum atomic E-state index is 13.7. The summed E-state index contributed by atoms with van der Waals surface area (Å²) in [6.07, 6.45) is 0. The second kappa shape index (κ2) is 9.79. The molecule has 4 aromatic rings. The van der Waals surface area contributed by atoms with Gasteiger partial charge in [-0.3, -0.25) is 14.5 Å². The molecule has 0 aliphatic rings. The Bertz CT molecular complexity index is 1270. The lowest BCUT2D eigenvalue weighted by molar-refractivity contribution is -0.117. The van der Waals surface area contributed by atoms with E-state index in [2.05, 4.69) is 5.32 Å². The molecule has 0 spiro atoms. The fourth-order valence-electron chi connectivity index (χ4n) is 3.55. The molecular weight excluding hydrogens is 432 g/mol. The number of aromatic hydroxyl groups is 3. The summed E-state index contributed by atoms with van der Waals surface area (Å²) in [7, 11) is 0. The van der Waals surface area contributed by atoms with Gasteiger partial charge in [-0.25, -0.2) is 0 Å². The predicted octanol–water partition coefficient (Wildman–Crippen LogP) is 4.83. The van der Waals surface area contributed by atoms with Crippen molar-refractivity contribution in [2.45, 2.75) is 6.04 Å². The van der Waals surface area contributed by atoms with E-state index in [0.717, 1.165) is 0 Å². The number of nitrogens with zero attached hydrogens (tertiary/aromatic N) is 1. The summed E-state index contributed by atoms with van der Waals surface area (Å²) in [5.41, 5.74) is 1.68.